The summed E-state index contributed by atoms with van der Waals surface area (Å²) in [5.74, 6) is 0.404. The number of aromatic nitrogens is 2. The van der Waals surface area contributed by atoms with Crippen molar-refractivity contribution in [2.24, 2.45) is 11.8 Å². The van der Waals surface area contributed by atoms with Crippen molar-refractivity contribution in [2.45, 2.75) is 24.5 Å². The van der Waals surface area contributed by atoms with Gasteiger partial charge in [-0.15, -0.1) is 0 Å². The van der Waals surface area contributed by atoms with Gasteiger partial charge in [-0.05, 0) is 48.9 Å². The summed E-state index contributed by atoms with van der Waals surface area (Å²) >= 11 is 12.2. The zero-order chi connectivity index (χ0) is 18.8. The number of nitrogens with one attached hydrogen (secondary N) is 1. The second kappa shape index (κ2) is 5.96. The second-order valence-corrected chi connectivity index (χ2v) is 8.41. The molecule has 2 heterocycles. The van der Waals surface area contributed by atoms with Crippen LogP contribution < -0.4 is 5.32 Å². The van der Waals surface area contributed by atoms with Crippen LogP contribution in [-0.2, 0) is 5.60 Å². The molecule has 0 radical (unpaired) electrons. The average molecular weight is 402 g/mol. The van der Waals surface area contributed by atoms with Crippen molar-refractivity contribution in [3.8, 4) is 0 Å². The first-order valence-corrected chi connectivity index (χ1v) is 9.61. The highest BCUT2D eigenvalue weighted by Crippen LogP contribution is 2.60. The molecule has 2 fully saturated rings. The molecule has 0 bridgehead atoms. The zero-order valence-corrected chi connectivity index (χ0v) is 15.8. The maximum absolute atomic E-state index is 12.4. The van der Waals surface area contributed by atoms with E-state index >= 15 is 0 Å². The highest BCUT2D eigenvalue weighted by Gasteiger charge is 2.62. The maximum atomic E-state index is 12.4. The largest absolute Gasteiger partial charge is 0.385 e. The van der Waals surface area contributed by atoms with E-state index in [1.165, 1.54) is 0 Å². The summed E-state index contributed by atoms with van der Waals surface area (Å²) in [6.45, 7) is 0. The Balaban J connectivity index is 1.33. The van der Waals surface area contributed by atoms with Crippen LogP contribution >= 0.6 is 23.2 Å². The molecule has 27 heavy (non-hydrogen) atoms. The number of hydrogen-bond donors (Lipinski definition) is 2. The van der Waals surface area contributed by atoms with E-state index in [-0.39, 0.29) is 23.8 Å². The minimum absolute atomic E-state index is 0.0943. The Morgan fingerprint density at radius 3 is 2.74 bits per heavy atom. The molecule has 1 aromatic carbocycles. The fourth-order valence-electron chi connectivity index (χ4n) is 4.53. The van der Waals surface area contributed by atoms with Gasteiger partial charge in [-0.2, -0.15) is 0 Å². The summed E-state index contributed by atoms with van der Waals surface area (Å²) in [5.41, 5.74) is 1.28. The molecule has 7 heteroatoms. The number of benzene rings is 1. The smallest absolute Gasteiger partial charge is 0.251 e. The van der Waals surface area contributed by atoms with E-state index in [9.17, 15) is 9.90 Å². The third-order valence-electron chi connectivity index (χ3n) is 5.85. The average Bonchev–Trinajstić information content (AvgIpc) is 3.01. The molecule has 4 atom stereocenters. The normalized spacial score (nSPS) is 28.9. The second-order valence-electron chi connectivity index (χ2n) is 7.54. The molecule has 5 nitrogen and oxygen atoms in total. The summed E-state index contributed by atoms with van der Waals surface area (Å²) in [7, 11) is 0. The first kappa shape index (κ1) is 17.0. The summed E-state index contributed by atoms with van der Waals surface area (Å²) in [5, 5.41) is 15.5. The van der Waals surface area contributed by atoms with Crippen LogP contribution in [0.4, 0.5) is 0 Å². The number of carbonyl (C=O) groups is 1. The van der Waals surface area contributed by atoms with Crippen LogP contribution in [-0.4, -0.2) is 26.4 Å². The SMILES string of the molecule is O=C(N[C@@H]1[C@@H]2C[C@@](O)(c3cc(Cl)cn4cncc34)C[C@@H]21)c1cccc(Cl)c1. The fourth-order valence-corrected chi connectivity index (χ4v) is 4.94. The number of rotatable bonds is 3. The van der Waals surface area contributed by atoms with E-state index in [0.29, 0.717) is 28.5 Å². The maximum Gasteiger partial charge on any atom is 0.251 e. The van der Waals surface area contributed by atoms with E-state index in [1.54, 1.807) is 43.0 Å². The standard InChI is InChI=1S/C20H17Cl2N3O2/c21-12-3-1-2-11(4-12)19(26)24-18-14-6-20(27,7-15(14)18)16-5-13(22)9-25-10-23-8-17(16)25/h1-5,8-10,14-15,18,27H,6-7H2,(H,24,26)/t14-,15+,18-,20+. The van der Waals surface area contributed by atoms with Crippen molar-refractivity contribution in [2.75, 3.05) is 0 Å². The van der Waals surface area contributed by atoms with Crippen molar-refractivity contribution < 1.29 is 9.90 Å². The van der Waals surface area contributed by atoms with Gasteiger partial charge >= 0.3 is 0 Å². The summed E-state index contributed by atoms with van der Waals surface area (Å²) in [6, 6.07) is 8.83. The molecular formula is C20H17Cl2N3O2. The lowest BCUT2D eigenvalue weighted by Gasteiger charge is -2.27. The van der Waals surface area contributed by atoms with Crippen molar-refractivity contribution >= 4 is 34.6 Å². The Morgan fingerprint density at radius 1 is 1.22 bits per heavy atom. The molecular weight excluding hydrogens is 385 g/mol. The van der Waals surface area contributed by atoms with Crippen LogP contribution in [0, 0.1) is 11.8 Å². The van der Waals surface area contributed by atoms with Crippen LogP contribution in [0.15, 0.2) is 49.1 Å². The van der Waals surface area contributed by atoms with E-state index in [0.717, 1.165) is 11.1 Å². The summed E-state index contributed by atoms with van der Waals surface area (Å²) in [6.07, 6.45) is 6.39. The lowest BCUT2D eigenvalue weighted by Crippen LogP contribution is -2.33. The molecule has 5 rings (SSSR count). The topological polar surface area (TPSA) is 66.6 Å². The van der Waals surface area contributed by atoms with Gasteiger partial charge in [0.2, 0.25) is 0 Å². The minimum atomic E-state index is -0.946. The number of nitrogens with zero attached hydrogens (tertiary/aromatic N) is 2. The molecule has 2 aliphatic rings. The molecule has 0 aliphatic heterocycles. The first-order valence-electron chi connectivity index (χ1n) is 8.85. The molecule has 2 aliphatic carbocycles. The third-order valence-corrected chi connectivity index (χ3v) is 6.29. The molecule has 3 aromatic rings. The number of halogens is 2. The molecule has 138 valence electrons. The van der Waals surface area contributed by atoms with Crippen molar-refractivity contribution in [1.29, 1.82) is 0 Å². The molecule has 2 saturated carbocycles. The third kappa shape index (κ3) is 2.81. The number of aliphatic hydroxyl groups is 1. The quantitative estimate of drug-likeness (QED) is 0.703. The Labute approximate surface area is 165 Å². The van der Waals surface area contributed by atoms with Gasteiger partial charge in [-0.3, -0.25) is 4.79 Å². The lowest BCUT2D eigenvalue weighted by molar-refractivity contribution is 0.0289. The molecule has 0 saturated heterocycles. The number of pyridine rings is 1. The fraction of sp³-hybridized carbons (Fsp3) is 0.300. The van der Waals surface area contributed by atoms with Gasteiger partial charge in [0.15, 0.2) is 0 Å². The van der Waals surface area contributed by atoms with Crippen LogP contribution in [0.25, 0.3) is 5.52 Å². The molecule has 0 unspecified atom stereocenters. The highest BCUT2D eigenvalue weighted by molar-refractivity contribution is 6.31. The monoisotopic (exact) mass is 401 g/mol. The molecule has 0 spiro atoms. The molecule has 1 amide bonds. The van der Waals surface area contributed by atoms with Gasteiger partial charge in [0.25, 0.3) is 5.91 Å². The zero-order valence-electron chi connectivity index (χ0n) is 14.3. The first-order chi connectivity index (χ1) is 12.9. The van der Waals surface area contributed by atoms with Crippen LogP contribution in [0.2, 0.25) is 10.0 Å². The van der Waals surface area contributed by atoms with Gasteiger partial charge in [-0.1, -0.05) is 29.3 Å². The van der Waals surface area contributed by atoms with Gasteiger partial charge in [0, 0.05) is 28.4 Å². The molecule has 2 aromatic heterocycles. The summed E-state index contributed by atoms with van der Waals surface area (Å²) in [4.78, 5) is 16.6. The van der Waals surface area contributed by atoms with Gasteiger partial charge < -0.3 is 14.8 Å². The Kier molecular flexibility index (Phi) is 3.76. The lowest BCUT2D eigenvalue weighted by atomic mass is 9.88. The van der Waals surface area contributed by atoms with Gasteiger partial charge in [0.1, 0.15) is 0 Å². The van der Waals surface area contributed by atoms with Crippen molar-refractivity contribution in [1.82, 2.24) is 14.7 Å². The number of amides is 1. The van der Waals surface area contributed by atoms with Crippen molar-refractivity contribution in [3.63, 3.8) is 0 Å². The molecule has 2 N–H and O–H groups in total. The predicted molar refractivity (Wildman–Crippen MR) is 103 cm³/mol. The minimum Gasteiger partial charge on any atom is -0.385 e. The Morgan fingerprint density at radius 2 is 2.00 bits per heavy atom. The van der Waals surface area contributed by atoms with Crippen molar-refractivity contribution in [3.05, 3.63) is 70.2 Å². The summed E-state index contributed by atoms with van der Waals surface area (Å²) < 4.78 is 1.83. The number of carbonyl (C=O) groups excluding carboxylic acids is 1. The number of fused-ring (bicyclic) bond motifs is 2. The number of imidazole rings is 1. The highest BCUT2D eigenvalue weighted by atomic mass is 35.5. The Bertz CT molecular complexity index is 1050. The Hall–Kier alpha value is -2.08. The van der Waals surface area contributed by atoms with Crippen LogP contribution in [0.5, 0.6) is 0 Å². The van der Waals surface area contributed by atoms with E-state index in [1.807, 2.05) is 10.5 Å². The van der Waals surface area contributed by atoms with E-state index < -0.39 is 5.60 Å². The van der Waals surface area contributed by atoms with Crippen LogP contribution in [0.3, 0.4) is 0 Å². The van der Waals surface area contributed by atoms with E-state index in [2.05, 4.69) is 10.3 Å². The van der Waals surface area contributed by atoms with Gasteiger partial charge in [-0.25, -0.2) is 4.98 Å². The van der Waals surface area contributed by atoms with E-state index in [4.69, 9.17) is 23.2 Å². The number of hydrogen-bond acceptors (Lipinski definition) is 3. The predicted octanol–water partition coefficient (Wildman–Crippen LogP) is 3.67. The van der Waals surface area contributed by atoms with Crippen LogP contribution in [0.1, 0.15) is 28.8 Å². The van der Waals surface area contributed by atoms with Gasteiger partial charge in [0.05, 0.1) is 28.7 Å².